The van der Waals surface area contributed by atoms with Crippen LogP contribution in [-0.4, -0.2) is 30.1 Å². The van der Waals surface area contributed by atoms with Crippen LogP contribution in [0.1, 0.15) is 25.8 Å². The molecule has 0 fully saturated rings. The van der Waals surface area contributed by atoms with Crippen molar-refractivity contribution < 1.29 is 0 Å². The summed E-state index contributed by atoms with van der Waals surface area (Å²) < 4.78 is 0. The quantitative estimate of drug-likeness (QED) is 0.270. The third-order valence-corrected chi connectivity index (χ3v) is 6.33. The minimum Gasteiger partial charge on any atom is -0.358 e. The van der Waals surface area contributed by atoms with E-state index in [0.29, 0.717) is 5.92 Å². The molecule has 172 valence electrons. The number of rotatable bonds is 6. The monoisotopic (exact) mass is 459 g/mol. The molecular weight excluding hydrogens is 434 g/mol. The Morgan fingerprint density at radius 1 is 1.06 bits per heavy atom. The second-order valence-electron chi connectivity index (χ2n) is 9.06. The zero-order valence-corrected chi connectivity index (χ0v) is 19.6. The van der Waals surface area contributed by atoms with Gasteiger partial charge in [-0.3, -0.25) is 15.1 Å². The van der Waals surface area contributed by atoms with E-state index in [1.807, 2.05) is 36.8 Å². The van der Waals surface area contributed by atoms with Crippen molar-refractivity contribution in [2.24, 2.45) is 5.92 Å². The number of anilines is 1. The number of H-pyrrole nitrogens is 2. The highest BCUT2D eigenvalue weighted by Crippen LogP contribution is 2.33. The molecule has 0 saturated heterocycles. The van der Waals surface area contributed by atoms with Crippen molar-refractivity contribution >= 4 is 33.2 Å². The third kappa shape index (κ3) is 3.81. The van der Waals surface area contributed by atoms with Crippen molar-refractivity contribution in [1.29, 1.82) is 0 Å². The van der Waals surface area contributed by atoms with Crippen molar-refractivity contribution in [3.05, 3.63) is 85.1 Å². The smallest absolute Gasteiger partial charge is 0.135 e. The number of hydrogen-bond donors (Lipinski definition) is 3. The predicted molar refractivity (Wildman–Crippen MR) is 142 cm³/mol. The molecule has 0 amide bonds. The van der Waals surface area contributed by atoms with Gasteiger partial charge in [0, 0.05) is 34.6 Å². The predicted octanol–water partition coefficient (Wildman–Crippen LogP) is 6.49. The Balaban J connectivity index is 1.41. The molecule has 1 aliphatic carbocycles. The highest BCUT2D eigenvalue weighted by molar-refractivity contribution is 5.99. The Morgan fingerprint density at radius 2 is 1.94 bits per heavy atom. The van der Waals surface area contributed by atoms with Crippen molar-refractivity contribution in [2.45, 2.75) is 20.3 Å². The first-order valence-electron chi connectivity index (χ1n) is 11.7. The lowest BCUT2D eigenvalue weighted by Crippen LogP contribution is -2.04. The Bertz CT molecular complexity index is 1650. The Labute approximate surface area is 202 Å². The summed E-state index contributed by atoms with van der Waals surface area (Å²) in [6, 6.07) is 8.16. The molecule has 0 radical (unpaired) electrons. The van der Waals surface area contributed by atoms with Crippen molar-refractivity contribution in [1.82, 2.24) is 30.1 Å². The van der Waals surface area contributed by atoms with E-state index in [2.05, 4.69) is 75.2 Å². The van der Waals surface area contributed by atoms with Gasteiger partial charge in [0.1, 0.15) is 11.2 Å². The number of aromatic nitrogens is 6. The van der Waals surface area contributed by atoms with Crippen LogP contribution in [-0.2, 0) is 0 Å². The molecule has 0 saturated carbocycles. The van der Waals surface area contributed by atoms with Gasteiger partial charge in [-0.1, -0.05) is 38.7 Å². The van der Waals surface area contributed by atoms with Crippen LogP contribution in [0.3, 0.4) is 0 Å². The van der Waals surface area contributed by atoms with Crippen LogP contribution in [0.5, 0.6) is 0 Å². The standard InChI is InChI=1S/C28H25N7/c1-16(2)17(3)31-20-10-19(12-29-13-20)23-8-9-24-27(33-23)28(35-34-24)25-11-21-22(18-6-4-5-7-18)14-30-15-26(21)32-25/h4,6-16,31-32H,3,5H2,1-2H3,(H,34,35). The first-order valence-corrected chi connectivity index (χ1v) is 11.7. The van der Waals surface area contributed by atoms with E-state index in [1.54, 1.807) is 6.20 Å². The van der Waals surface area contributed by atoms with Crippen LogP contribution >= 0.6 is 0 Å². The molecule has 7 nitrogen and oxygen atoms in total. The zero-order chi connectivity index (χ0) is 23.9. The van der Waals surface area contributed by atoms with Gasteiger partial charge >= 0.3 is 0 Å². The SMILES string of the molecule is C=C(Nc1cncc(-c2ccc3[nH]nc(-c4cc5c(C6=CCC=C6)cncc5[nH]4)c3n2)c1)C(C)C. The van der Waals surface area contributed by atoms with Gasteiger partial charge in [0.15, 0.2) is 0 Å². The number of nitrogens with zero attached hydrogens (tertiary/aromatic N) is 4. The number of hydrogen-bond acceptors (Lipinski definition) is 5. The molecule has 5 heterocycles. The molecule has 0 bridgehead atoms. The van der Waals surface area contributed by atoms with Gasteiger partial charge in [-0.25, -0.2) is 4.98 Å². The number of pyridine rings is 3. The van der Waals surface area contributed by atoms with E-state index in [4.69, 9.17) is 4.98 Å². The maximum absolute atomic E-state index is 4.97. The molecule has 6 rings (SSSR count). The summed E-state index contributed by atoms with van der Waals surface area (Å²) in [5.74, 6) is 0.328. The Hall–Kier alpha value is -4.52. The lowest BCUT2D eigenvalue weighted by molar-refractivity contribution is 0.778. The van der Waals surface area contributed by atoms with Crippen LogP contribution in [0.4, 0.5) is 5.69 Å². The molecule has 0 aliphatic heterocycles. The fourth-order valence-corrected chi connectivity index (χ4v) is 4.29. The van der Waals surface area contributed by atoms with Crippen LogP contribution in [0.25, 0.3) is 50.2 Å². The van der Waals surface area contributed by atoms with E-state index in [0.717, 1.165) is 68.0 Å². The first kappa shape index (κ1) is 21.0. The third-order valence-electron chi connectivity index (χ3n) is 6.33. The second kappa shape index (κ2) is 8.36. The molecule has 0 aromatic carbocycles. The molecule has 3 N–H and O–H groups in total. The fourth-order valence-electron chi connectivity index (χ4n) is 4.29. The van der Waals surface area contributed by atoms with Crippen molar-refractivity contribution in [3.8, 4) is 22.6 Å². The van der Waals surface area contributed by atoms with Crippen LogP contribution in [0, 0.1) is 5.92 Å². The number of fused-ring (bicyclic) bond motifs is 2. The summed E-state index contributed by atoms with van der Waals surface area (Å²) in [5, 5.41) is 12.2. The molecule has 5 aromatic heterocycles. The molecule has 35 heavy (non-hydrogen) atoms. The Kier molecular flexibility index (Phi) is 5.03. The molecule has 5 aromatic rings. The topological polar surface area (TPSA) is 95.2 Å². The average Bonchev–Trinajstić information content (AvgIpc) is 3.62. The van der Waals surface area contributed by atoms with E-state index in [-0.39, 0.29) is 0 Å². The van der Waals surface area contributed by atoms with Gasteiger partial charge in [0.2, 0.25) is 0 Å². The van der Waals surface area contributed by atoms with E-state index in [9.17, 15) is 0 Å². The maximum Gasteiger partial charge on any atom is 0.135 e. The summed E-state index contributed by atoms with van der Waals surface area (Å²) in [6.07, 6.45) is 14.9. The molecule has 0 atom stereocenters. The summed E-state index contributed by atoms with van der Waals surface area (Å²) >= 11 is 0. The Morgan fingerprint density at radius 3 is 2.77 bits per heavy atom. The van der Waals surface area contributed by atoms with Crippen molar-refractivity contribution in [3.63, 3.8) is 0 Å². The first-order chi connectivity index (χ1) is 17.1. The maximum atomic E-state index is 4.97. The van der Waals surface area contributed by atoms with E-state index in [1.165, 1.54) is 5.57 Å². The average molecular weight is 460 g/mol. The van der Waals surface area contributed by atoms with Crippen LogP contribution in [0.15, 0.2) is 79.6 Å². The van der Waals surface area contributed by atoms with Gasteiger partial charge < -0.3 is 10.3 Å². The summed E-state index contributed by atoms with van der Waals surface area (Å²) in [6.45, 7) is 8.31. The van der Waals surface area contributed by atoms with Crippen LogP contribution < -0.4 is 5.32 Å². The molecular formula is C28H25N7. The van der Waals surface area contributed by atoms with Gasteiger partial charge in [-0.15, -0.1) is 0 Å². The molecule has 7 heteroatoms. The van der Waals surface area contributed by atoms with Crippen molar-refractivity contribution in [2.75, 3.05) is 5.32 Å². The number of aromatic amines is 2. The number of nitrogens with one attached hydrogen (secondary N) is 3. The van der Waals surface area contributed by atoms with E-state index >= 15 is 0 Å². The normalized spacial score (nSPS) is 13.2. The molecule has 0 unspecified atom stereocenters. The minimum atomic E-state index is 0.328. The zero-order valence-electron chi connectivity index (χ0n) is 19.6. The summed E-state index contributed by atoms with van der Waals surface area (Å²) in [7, 11) is 0. The molecule has 1 aliphatic rings. The fraction of sp³-hybridized carbons (Fsp3) is 0.143. The van der Waals surface area contributed by atoms with Gasteiger partial charge in [0.25, 0.3) is 0 Å². The largest absolute Gasteiger partial charge is 0.358 e. The highest BCUT2D eigenvalue weighted by atomic mass is 15.1. The van der Waals surface area contributed by atoms with Gasteiger partial charge in [-0.2, -0.15) is 5.10 Å². The molecule has 0 spiro atoms. The van der Waals surface area contributed by atoms with Crippen LogP contribution in [0.2, 0.25) is 0 Å². The second-order valence-corrected chi connectivity index (χ2v) is 9.06. The number of allylic oxidation sites excluding steroid dienone is 5. The minimum absolute atomic E-state index is 0.328. The van der Waals surface area contributed by atoms with Gasteiger partial charge in [0.05, 0.1) is 40.5 Å². The highest BCUT2D eigenvalue weighted by Gasteiger charge is 2.16. The van der Waals surface area contributed by atoms with E-state index < -0.39 is 0 Å². The lowest BCUT2D eigenvalue weighted by atomic mass is 10.1. The lowest BCUT2D eigenvalue weighted by Gasteiger charge is -2.13. The van der Waals surface area contributed by atoms with Gasteiger partial charge in [-0.05, 0) is 42.2 Å². The summed E-state index contributed by atoms with van der Waals surface area (Å²) in [5.41, 5.74) is 10.2. The summed E-state index contributed by atoms with van der Waals surface area (Å²) in [4.78, 5) is 17.3.